The van der Waals surface area contributed by atoms with E-state index in [4.69, 9.17) is 9.47 Å². The summed E-state index contributed by atoms with van der Waals surface area (Å²) in [6.07, 6.45) is 0.794. The second-order valence-corrected chi connectivity index (χ2v) is 5.61. The molecular formula is C17H19N3O4. The van der Waals surface area contributed by atoms with E-state index in [1.165, 1.54) is 10.9 Å². The van der Waals surface area contributed by atoms with Crippen molar-refractivity contribution in [2.45, 2.75) is 26.5 Å². The van der Waals surface area contributed by atoms with Crippen molar-refractivity contribution in [3.8, 4) is 11.5 Å². The highest BCUT2D eigenvalue weighted by molar-refractivity contribution is 5.81. The summed E-state index contributed by atoms with van der Waals surface area (Å²) in [5, 5.41) is 2.76. The molecule has 1 N–H and O–H groups in total. The minimum absolute atomic E-state index is 0.0945. The highest BCUT2D eigenvalue weighted by Crippen LogP contribution is 2.30. The topological polar surface area (TPSA) is 82.5 Å². The van der Waals surface area contributed by atoms with Gasteiger partial charge < -0.3 is 14.8 Å². The lowest BCUT2D eigenvalue weighted by molar-refractivity contribution is -0.130. The van der Waals surface area contributed by atoms with Crippen LogP contribution in [0.5, 0.6) is 11.5 Å². The number of hydrogen-bond donors (Lipinski definition) is 1. The zero-order valence-corrected chi connectivity index (χ0v) is 13.6. The molecule has 0 bridgehead atoms. The molecule has 1 amide bonds. The number of aromatic nitrogens is 2. The van der Waals surface area contributed by atoms with E-state index in [9.17, 15) is 9.59 Å². The molecule has 1 unspecified atom stereocenters. The Morgan fingerprint density at radius 2 is 2.08 bits per heavy atom. The fourth-order valence-corrected chi connectivity index (χ4v) is 2.40. The average molecular weight is 329 g/mol. The van der Waals surface area contributed by atoms with Crippen molar-refractivity contribution in [3.63, 3.8) is 0 Å². The van der Waals surface area contributed by atoms with Crippen LogP contribution in [0.2, 0.25) is 0 Å². The first-order valence-corrected chi connectivity index (χ1v) is 7.75. The zero-order valence-electron chi connectivity index (χ0n) is 13.6. The Morgan fingerprint density at radius 1 is 1.33 bits per heavy atom. The molecule has 1 aromatic heterocycles. The lowest BCUT2D eigenvalue weighted by Crippen LogP contribution is -2.45. The number of aryl methyl sites for hydroxylation is 1. The van der Waals surface area contributed by atoms with Crippen molar-refractivity contribution in [3.05, 3.63) is 52.2 Å². The second kappa shape index (κ2) is 6.74. The van der Waals surface area contributed by atoms with Gasteiger partial charge in [0, 0.05) is 24.3 Å². The monoisotopic (exact) mass is 329 g/mol. The third-order valence-electron chi connectivity index (χ3n) is 3.97. The molecule has 24 heavy (non-hydrogen) atoms. The van der Waals surface area contributed by atoms with Gasteiger partial charge in [-0.15, -0.1) is 0 Å². The molecule has 0 aliphatic carbocycles. The number of amides is 1. The molecule has 1 aliphatic heterocycles. The van der Waals surface area contributed by atoms with Gasteiger partial charge in [0.05, 0.1) is 6.33 Å². The van der Waals surface area contributed by atoms with Crippen molar-refractivity contribution in [1.82, 2.24) is 14.9 Å². The number of fused-ring (bicyclic) bond motifs is 1. The van der Waals surface area contributed by atoms with E-state index in [1.54, 1.807) is 26.0 Å². The molecule has 7 nitrogen and oxygen atoms in total. The molecule has 3 rings (SSSR count). The highest BCUT2D eigenvalue weighted by atomic mass is 16.6. The average Bonchev–Trinajstić information content (AvgIpc) is 2.61. The van der Waals surface area contributed by atoms with E-state index < -0.39 is 6.10 Å². The van der Waals surface area contributed by atoms with Crippen LogP contribution in [0.3, 0.4) is 0 Å². The van der Waals surface area contributed by atoms with E-state index in [0.29, 0.717) is 35.8 Å². The lowest BCUT2D eigenvalue weighted by Gasteiger charge is -2.25. The third-order valence-corrected chi connectivity index (χ3v) is 3.97. The lowest BCUT2D eigenvalue weighted by atomic mass is 10.2. The van der Waals surface area contributed by atoms with Crippen molar-refractivity contribution in [2.24, 2.45) is 0 Å². The molecule has 2 aromatic rings. The van der Waals surface area contributed by atoms with Gasteiger partial charge in [0.2, 0.25) is 6.10 Å². The predicted octanol–water partition coefficient (Wildman–Crippen LogP) is 0.816. The molecule has 0 spiro atoms. The molecule has 0 saturated heterocycles. The molecule has 2 heterocycles. The molecule has 1 aliphatic rings. The summed E-state index contributed by atoms with van der Waals surface area (Å²) in [6, 6.07) is 7.22. The first-order valence-electron chi connectivity index (χ1n) is 7.75. The number of rotatable bonds is 4. The van der Waals surface area contributed by atoms with Crippen LogP contribution in [0.1, 0.15) is 11.3 Å². The number of benzene rings is 1. The molecule has 1 aromatic carbocycles. The van der Waals surface area contributed by atoms with Crippen LogP contribution >= 0.6 is 0 Å². The highest BCUT2D eigenvalue weighted by Gasteiger charge is 2.26. The summed E-state index contributed by atoms with van der Waals surface area (Å²) in [5.41, 5.74) is 1.24. The fourth-order valence-electron chi connectivity index (χ4n) is 2.40. The Morgan fingerprint density at radius 3 is 2.88 bits per heavy atom. The van der Waals surface area contributed by atoms with E-state index in [-0.39, 0.29) is 18.1 Å². The van der Waals surface area contributed by atoms with Crippen LogP contribution < -0.4 is 20.3 Å². The smallest absolute Gasteiger partial charge is 0.264 e. The summed E-state index contributed by atoms with van der Waals surface area (Å²) in [4.78, 5) is 28.4. The van der Waals surface area contributed by atoms with Crippen LogP contribution in [0, 0.1) is 13.8 Å². The van der Waals surface area contributed by atoms with Gasteiger partial charge in [-0.1, -0.05) is 12.1 Å². The number of carbonyl (C=O) groups excluding carboxylic acids is 1. The maximum Gasteiger partial charge on any atom is 0.264 e. The minimum atomic E-state index is -0.700. The van der Waals surface area contributed by atoms with E-state index in [2.05, 4.69) is 10.3 Å². The van der Waals surface area contributed by atoms with Crippen LogP contribution in [0.15, 0.2) is 35.4 Å². The quantitative estimate of drug-likeness (QED) is 0.898. The van der Waals surface area contributed by atoms with Crippen molar-refractivity contribution >= 4 is 5.91 Å². The van der Waals surface area contributed by atoms with Gasteiger partial charge >= 0.3 is 0 Å². The summed E-state index contributed by atoms with van der Waals surface area (Å²) >= 11 is 0. The van der Waals surface area contributed by atoms with Crippen LogP contribution in [0.4, 0.5) is 0 Å². The van der Waals surface area contributed by atoms with Gasteiger partial charge in [0.15, 0.2) is 11.5 Å². The first kappa shape index (κ1) is 16.0. The normalized spacial score (nSPS) is 15.8. The van der Waals surface area contributed by atoms with Gasteiger partial charge in [0.25, 0.3) is 11.5 Å². The van der Waals surface area contributed by atoms with Gasteiger partial charge in [-0.05, 0) is 26.0 Å². The van der Waals surface area contributed by atoms with Gasteiger partial charge in [-0.3, -0.25) is 14.2 Å². The van der Waals surface area contributed by atoms with Gasteiger partial charge in [-0.2, -0.15) is 0 Å². The molecule has 1 atom stereocenters. The molecule has 0 fully saturated rings. The first-order chi connectivity index (χ1) is 11.6. The molecular weight excluding hydrogens is 310 g/mol. The SMILES string of the molecule is Cc1ncn(CCNC(=O)C2COc3ccccc3O2)c(=O)c1C. The van der Waals surface area contributed by atoms with Crippen molar-refractivity contribution < 1.29 is 14.3 Å². The van der Waals surface area contributed by atoms with Crippen LogP contribution in [-0.2, 0) is 11.3 Å². The molecule has 0 radical (unpaired) electrons. The zero-order chi connectivity index (χ0) is 17.1. The van der Waals surface area contributed by atoms with E-state index in [0.717, 1.165) is 0 Å². The standard InChI is InChI=1S/C17H19N3O4/c1-11-12(2)19-10-20(17(11)22)8-7-18-16(21)15-9-23-13-5-3-4-6-14(13)24-15/h3-6,10,15H,7-9H2,1-2H3,(H,18,21). The summed E-state index contributed by atoms with van der Waals surface area (Å²) in [6.45, 7) is 4.35. The Hall–Kier alpha value is -2.83. The maximum atomic E-state index is 12.2. The Bertz CT molecular complexity index is 816. The largest absolute Gasteiger partial charge is 0.485 e. The summed E-state index contributed by atoms with van der Waals surface area (Å²) < 4.78 is 12.6. The Balaban J connectivity index is 1.55. The van der Waals surface area contributed by atoms with E-state index >= 15 is 0 Å². The fraction of sp³-hybridized carbons (Fsp3) is 0.353. The summed E-state index contributed by atoms with van der Waals surface area (Å²) in [5.74, 6) is 0.919. The number of para-hydroxylation sites is 2. The summed E-state index contributed by atoms with van der Waals surface area (Å²) in [7, 11) is 0. The van der Waals surface area contributed by atoms with Crippen LogP contribution in [0.25, 0.3) is 0 Å². The minimum Gasteiger partial charge on any atom is -0.485 e. The van der Waals surface area contributed by atoms with Crippen molar-refractivity contribution in [2.75, 3.05) is 13.2 Å². The van der Waals surface area contributed by atoms with Gasteiger partial charge in [-0.25, -0.2) is 4.98 Å². The number of nitrogens with one attached hydrogen (secondary N) is 1. The third kappa shape index (κ3) is 3.24. The number of ether oxygens (including phenoxy) is 2. The van der Waals surface area contributed by atoms with Crippen LogP contribution in [-0.4, -0.2) is 34.7 Å². The molecule has 126 valence electrons. The number of nitrogens with zero attached hydrogens (tertiary/aromatic N) is 2. The number of hydrogen-bond acceptors (Lipinski definition) is 5. The molecule has 7 heteroatoms. The maximum absolute atomic E-state index is 12.2. The van der Waals surface area contributed by atoms with E-state index in [1.807, 2.05) is 12.1 Å². The van der Waals surface area contributed by atoms with Crippen molar-refractivity contribution in [1.29, 1.82) is 0 Å². The number of carbonyl (C=O) groups is 1. The van der Waals surface area contributed by atoms with Gasteiger partial charge in [0.1, 0.15) is 6.61 Å². The molecule has 0 saturated carbocycles. The second-order valence-electron chi connectivity index (χ2n) is 5.61. The Kier molecular flexibility index (Phi) is 4.50. The Labute approximate surface area is 139 Å². The predicted molar refractivity (Wildman–Crippen MR) is 87.3 cm³/mol.